The van der Waals surface area contributed by atoms with E-state index in [2.05, 4.69) is 25.6 Å². The minimum absolute atomic E-state index is 0.0377. The maximum absolute atomic E-state index is 13.8. The summed E-state index contributed by atoms with van der Waals surface area (Å²) in [7, 11) is 0. The van der Waals surface area contributed by atoms with Crippen molar-refractivity contribution in [1.29, 1.82) is 0 Å². The Bertz CT molecular complexity index is 651. The molecule has 0 aliphatic rings. The summed E-state index contributed by atoms with van der Waals surface area (Å²) in [6, 6.07) is 2.14. The molecule has 0 aliphatic heterocycles. The van der Waals surface area contributed by atoms with E-state index in [0.717, 1.165) is 18.6 Å². The predicted octanol–water partition coefficient (Wildman–Crippen LogP) is 3.68. The van der Waals surface area contributed by atoms with E-state index in [9.17, 15) is 8.78 Å². The molecule has 2 rings (SSSR count). The minimum atomic E-state index is -0.603. The second-order valence-electron chi connectivity index (χ2n) is 4.38. The van der Waals surface area contributed by atoms with Gasteiger partial charge in [-0.05, 0) is 36.6 Å². The molecule has 0 amide bonds. The van der Waals surface area contributed by atoms with Gasteiger partial charge in [-0.1, -0.05) is 6.92 Å². The highest BCUT2D eigenvalue weighted by Crippen LogP contribution is 2.22. The summed E-state index contributed by atoms with van der Waals surface area (Å²) in [6.45, 7) is 4.13. The second-order valence-corrected chi connectivity index (χ2v) is 4.72. The molecule has 0 saturated heterocycles. The van der Waals surface area contributed by atoms with Gasteiger partial charge in [0.1, 0.15) is 11.6 Å². The number of nitrogens with zero attached hydrogens (tertiary/aromatic N) is 3. The first-order valence-corrected chi connectivity index (χ1v) is 6.75. The lowest BCUT2D eigenvalue weighted by Crippen LogP contribution is -2.08. The predicted molar refractivity (Wildman–Crippen MR) is 78.0 cm³/mol. The molecule has 0 unspecified atom stereocenters. The van der Waals surface area contributed by atoms with Crippen molar-refractivity contribution in [2.24, 2.45) is 0 Å². The fraction of sp³-hybridized carbons (Fsp3) is 0.308. The Morgan fingerprint density at radius 2 is 1.81 bits per heavy atom. The molecule has 0 bridgehead atoms. The topological polar surface area (TPSA) is 62.7 Å². The average Bonchev–Trinajstić information content (AvgIpc) is 2.42. The van der Waals surface area contributed by atoms with Gasteiger partial charge in [0.05, 0.1) is 5.69 Å². The Balaban J connectivity index is 2.27. The monoisotopic (exact) mass is 313 g/mol. The van der Waals surface area contributed by atoms with E-state index in [1.165, 1.54) is 6.92 Å². The van der Waals surface area contributed by atoms with Crippen molar-refractivity contribution >= 4 is 29.2 Å². The van der Waals surface area contributed by atoms with E-state index in [-0.39, 0.29) is 28.4 Å². The van der Waals surface area contributed by atoms with Gasteiger partial charge in [-0.15, -0.1) is 0 Å². The molecule has 112 valence electrons. The van der Waals surface area contributed by atoms with Crippen LogP contribution < -0.4 is 10.6 Å². The van der Waals surface area contributed by atoms with Crippen LogP contribution in [0, 0.1) is 18.6 Å². The summed E-state index contributed by atoms with van der Waals surface area (Å²) in [5.41, 5.74) is 0.152. The third kappa shape index (κ3) is 3.98. The fourth-order valence-corrected chi connectivity index (χ4v) is 1.74. The maximum atomic E-state index is 13.8. The van der Waals surface area contributed by atoms with Crippen molar-refractivity contribution in [2.75, 3.05) is 17.2 Å². The Morgan fingerprint density at radius 3 is 2.52 bits per heavy atom. The van der Waals surface area contributed by atoms with E-state index in [1.807, 2.05) is 6.92 Å². The zero-order chi connectivity index (χ0) is 15.4. The van der Waals surface area contributed by atoms with Gasteiger partial charge in [0, 0.05) is 12.6 Å². The van der Waals surface area contributed by atoms with Crippen molar-refractivity contribution in [2.45, 2.75) is 20.3 Å². The molecular weight excluding hydrogens is 300 g/mol. The Hall–Kier alpha value is -2.02. The van der Waals surface area contributed by atoms with E-state index >= 15 is 0 Å². The van der Waals surface area contributed by atoms with Crippen LogP contribution >= 0.6 is 11.6 Å². The van der Waals surface area contributed by atoms with Crippen LogP contribution in [0.25, 0.3) is 0 Å². The van der Waals surface area contributed by atoms with Crippen molar-refractivity contribution in [1.82, 2.24) is 15.0 Å². The lowest BCUT2D eigenvalue weighted by molar-refractivity contribution is 0.595. The van der Waals surface area contributed by atoms with E-state index < -0.39 is 11.6 Å². The first-order valence-electron chi connectivity index (χ1n) is 6.37. The number of nitrogens with one attached hydrogen (secondary N) is 2. The van der Waals surface area contributed by atoms with E-state index in [0.29, 0.717) is 6.54 Å². The van der Waals surface area contributed by atoms with Gasteiger partial charge in [-0.3, -0.25) is 0 Å². The highest BCUT2D eigenvalue weighted by Gasteiger charge is 2.10. The summed E-state index contributed by atoms with van der Waals surface area (Å²) in [5.74, 6) is -0.819. The number of halogens is 3. The number of rotatable bonds is 5. The number of hydrogen-bond acceptors (Lipinski definition) is 5. The van der Waals surface area contributed by atoms with Crippen LogP contribution in [0.1, 0.15) is 18.9 Å². The molecule has 8 heteroatoms. The highest BCUT2D eigenvalue weighted by molar-refractivity contribution is 6.28. The van der Waals surface area contributed by atoms with Gasteiger partial charge in [0.25, 0.3) is 0 Å². The van der Waals surface area contributed by atoms with E-state index in [4.69, 9.17) is 11.6 Å². The first kappa shape index (κ1) is 15.4. The Morgan fingerprint density at radius 1 is 1.10 bits per heavy atom. The van der Waals surface area contributed by atoms with Gasteiger partial charge in [-0.2, -0.15) is 15.0 Å². The average molecular weight is 314 g/mol. The standard InChI is InChI=1S/C13H14ClF2N5/c1-3-4-17-12-19-11(14)20-13(21-12)18-10-6-8(15)7(2)5-9(10)16/h5-6H,3-4H2,1-2H3,(H2,17,18,19,20,21). The SMILES string of the molecule is CCCNc1nc(Cl)nc(Nc2cc(F)c(C)cc2F)n1. The molecule has 5 nitrogen and oxygen atoms in total. The van der Waals surface area contributed by atoms with Gasteiger partial charge in [0.2, 0.25) is 17.2 Å². The molecular formula is C13H14ClF2N5. The zero-order valence-electron chi connectivity index (χ0n) is 11.5. The summed E-state index contributed by atoms with van der Waals surface area (Å²) in [4.78, 5) is 11.8. The lowest BCUT2D eigenvalue weighted by Gasteiger charge is -2.09. The fourth-order valence-electron chi connectivity index (χ4n) is 1.58. The molecule has 0 fully saturated rings. The van der Waals surface area contributed by atoms with Crippen molar-refractivity contribution < 1.29 is 8.78 Å². The largest absolute Gasteiger partial charge is 0.354 e. The lowest BCUT2D eigenvalue weighted by atomic mass is 10.2. The van der Waals surface area contributed by atoms with Crippen molar-refractivity contribution in [3.8, 4) is 0 Å². The molecule has 0 spiro atoms. The number of aryl methyl sites for hydroxylation is 1. The molecule has 0 saturated carbocycles. The number of benzene rings is 1. The van der Waals surface area contributed by atoms with Gasteiger partial charge < -0.3 is 10.6 Å². The third-order valence-electron chi connectivity index (χ3n) is 2.64. The van der Waals surface area contributed by atoms with E-state index in [1.54, 1.807) is 0 Å². The molecule has 1 aromatic heterocycles. The molecule has 1 aromatic carbocycles. The summed E-state index contributed by atoms with van der Waals surface area (Å²) < 4.78 is 27.3. The van der Waals surface area contributed by atoms with Gasteiger partial charge in [-0.25, -0.2) is 8.78 Å². The number of anilines is 3. The smallest absolute Gasteiger partial charge is 0.233 e. The van der Waals surface area contributed by atoms with Crippen LogP contribution in [0.3, 0.4) is 0 Å². The number of hydrogen-bond donors (Lipinski definition) is 2. The minimum Gasteiger partial charge on any atom is -0.354 e. The van der Waals surface area contributed by atoms with Crippen molar-refractivity contribution in [3.05, 3.63) is 34.6 Å². The van der Waals surface area contributed by atoms with Crippen LogP contribution in [0.15, 0.2) is 12.1 Å². The zero-order valence-corrected chi connectivity index (χ0v) is 12.3. The third-order valence-corrected chi connectivity index (χ3v) is 2.81. The molecule has 2 N–H and O–H groups in total. The van der Waals surface area contributed by atoms with Gasteiger partial charge in [0.15, 0.2) is 0 Å². The summed E-state index contributed by atoms with van der Waals surface area (Å²) >= 11 is 5.78. The Kier molecular flexibility index (Phi) is 4.85. The second kappa shape index (κ2) is 6.62. The maximum Gasteiger partial charge on any atom is 0.233 e. The molecule has 0 aliphatic carbocycles. The molecule has 0 atom stereocenters. The van der Waals surface area contributed by atoms with Gasteiger partial charge >= 0.3 is 0 Å². The van der Waals surface area contributed by atoms with Crippen LogP contribution in [0.2, 0.25) is 5.28 Å². The number of aromatic nitrogens is 3. The summed E-state index contributed by atoms with van der Waals surface area (Å²) in [5, 5.41) is 5.50. The van der Waals surface area contributed by atoms with Crippen LogP contribution in [-0.2, 0) is 0 Å². The quantitative estimate of drug-likeness (QED) is 0.881. The Labute approximate surface area is 125 Å². The molecule has 21 heavy (non-hydrogen) atoms. The first-order chi connectivity index (χ1) is 9.99. The highest BCUT2D eigenvalue weighted by atomic mass is 35.5. The molecule has 0 radical (unpaired) electrons. The molecule has 2 aromatic rings. The van der Waals surface area contributed by atoms with Crippen LogP contribution in [-0.4, -0.2) is 21.5 Å². The summed E-state index contributed by atoms with van der Waals surface area (Å²) in [6.07, 6.45) is 0.879. The normalized spacial score (nSPS) is 10.5. The van der Waals surface area contributed by atoms with Crippen LogP contribution in [0.4, 0.5) is 26.4 Å². The van der Waals surface area contributed by atoms with Crippen molar-refractivity contribution in [3.63, 3.8) is 0 Å². The van der Waals surface area contributed by atoms with Crippen LogP contribution in [0.5, 0.6) is 0 Å². The molecule has 1 heterocycles.